The molecule has 1 amide bonds. The molecule has 0 aliphatic carbocycles. The van der Waals surface area contributed by atoms with Crippen molar-refractivity contribution in [3.8, 4) is 0 Å². The highest BCUT2D eigenvalue weighted by Gasteiger charge is 2.21. The van der Waals surface area contributed by atoms with Crippen LogP contribution in [0.5, 0.6) is 0 Å². The van der Waals surface area contributed by atoms with E-state index in [0.717, 1.165) is 0 Å². The lowest BCUT2D eigenvalue weighted by atomic mass is 10.0. The van der Waals surface area contributed by atoms with E-state index in [4.69, 9.17) is 4.74 Å². The lowest BCUT2D eigenvalue weighted by Gasteiger charge is -2.29. The Morgan fingerprint density at radius 3 is 2.64 bits per heavy atom. The van der Waals surface area contributed by atoms with Crippen LogP contribution >= 0.6 is 0 Å². The van der Waals surface area contributed by atoms with Crippen LogP contribution in [0, 0.1) is 5.92 Å². The van der Waals surface area contributed by atoms with Crippen LogP contribution in [-0.4, -0.2) is 43.7 Å². The molecule has 1 aliphatic heterocycles. The summed E-state index contributed by atoms with van der Waals surface area (Å²) >= 11 is 0. The summed E-state index contributed by atoms with van der Waals surface area (Å²) in [5, 5.41) is 10.3. The van der Waals surface area contributed by atoms with Crippen LogP contribution < -0.4 is 0 Å². The van der Waals surface area contributed by atoms with E-state index in [1.54, 1.807) is 0 Å². The summed E-state index contributed by atoms with van der Waals surface area (Å²) in [6, 6.07) is 0. The number of carbonyl (C=O) groups is 1. The fraction of sp³-hybridized carbons (Fsp3) is 0.900. The van der Waals surface area contributed by atoms with E-state index in [2.05, 4.69) is 0 Å². The standard InChI is InChI=1S/C10H18NO3/c1-9(3-2-6-12)10(13)11-4-7-14-8-5-11/h9H,2-8H2,1H3. The monoisotopic (exact) mass is 200 g/mol. The number of ether oxygens (including phenoxy) is 1. The Balaban J connectivity index is 2.30. The molecule has 0 saturated carbocycles. The van der Waals surface area contributed by atoms with Crippen LogP contribution in [0.3, 0.4) is 0 Å². The van der Waals surface area contributed by atoms with Crippen LogP contribution in [0.25, 0.3) is 0 Å². The van der Waals surface area contributed by atoms with Crippen molar-refractivity contribution >= 4 is 5.91 Å². The molecule has 4 nitrogen and oxygen atoms in total. The summed E-state index contributed by atoms with van der Waals surface area (Å²) < 4.78 is 5.17. The van der Waals surface area contributed by atoms with Gasteiger partial charge in [-0.15, -0.1) is 0 Å². The van der Waals surface area contributed by atoms with E-state index in [9.17, 15) is 9.90 Å². The topological polar surface area (TPSA) is 49.4 Å². The number of hydrogen-bond donors (Lipinski definition) is 0. The van der Waals surface area contributed by atoms with Crippen LogP contribution in [-0.2, 0) is 14.6 Å². The zero-order valence-corrected chi connectivity index (χ0v) is 8.70. The van der Waals surface area contributed by atoms with Gasteiger partial charge in [-0.25, -0.2) is 5.11 Å². The van der Waals surface area contributed by atoms with Gasteiger partial charge in [0, 0.05) is 19.0 Å². The van der Waals surface area contributed by atoms with Crippen molar-refractivity contribution in [2.24, 2.45) is 5.92 Å². The van der Waals surface area contributed by atoms with Crippen LogP contribution in [0.1, 0.15) is 19.8 Å². The first-order valence-corrected chi connectivity index (χ1v) is 5.20. The van der Waals surface area contributed by atoms with E-state index in [1.165, 1.54) is 0 Å². The first kappa shape index (κ1) is 11.5. The molecule has 1 fully saturated rings. The first-order valence-electron chi connectivity index (χ1n) is 5.20. The molecule has 1 saturated heterocycles. The zero-order valence-electron chi connectivity index (χ0n) is 8.70. The van der Waals surface area contributed by atoms with Crippen molar-refractivity contribution in [1.82, 2.24) is 4.90 Å². The molecule has 1 aliphatic rings. The Bertz CT molecular complexity index is 178. The minimum atomic E-state index is -0.0826. The summed E-state index contributed by atoms with van der Waals surface area (Å²) in [5.41, 5.74) is 0. The van der Waals surface area contributed by atoms with Crippen molar-refractivity contribution in [2.75, 3.05) is 32.9 Å². The van der Waals surface area contributed by atoms with E-state index < -0.39 is 0 Å². The largest absolute Gasteiger partial charge is 0.378 e. The van der Waals surface area contributed by atoms with E-state index >= 15 is 0 Å². The summed E-state index contributed by atoms with van der Waals surface area (Å²) in [7, 11) is 0. The highest BCUT2D eigenvalue weighted by molar-refractivity contribution is 5.78. The molecule has 0 spiro atoms. The molecule has 1 atom stereocenters. The summed E-state index contributed by atoms with van der Waals surface area (Å²) in [4.78, 5) is 13.6. The van der Waals surface area contributed by atoms with Crippen LogP contribution in [0.15, 0.2) is 0 Å². The SMILES string of the molecule is CC(CCC[O])C(=O)N1CCOCC1. The zero-order chi connectivity index (χ0) is 10.4. The van der Waals surface area contributed by atoms with E-state index in [1.807, 2.05) is 11.8 Å². The molecular formula is C10H18NO3. The van der Waals surface area contributed by atoms with Gasteiger partial charge in [0.2, 0.25) is 5.91 Å². The van der Waals surface area contributed by atoms with Gasteiger partial charge in [-0.3, -0.25) is 4.79 Å². The van der Waals surface area contributed by atoms with Crippen molar-refractivity contribution in [2.45, 2.75) is 19.8 Å². The minimum Gasteiger partial charge on any atom is -0.378 e. The lowest BCUT2D eigenvalue weighted by molar-refractivity contribution is -0.139. The predicted molar refractivity (Wildman–Crippen MR) is 51.4 cm³/mol. The summed E-state index contributed by atoms with van der Waals surface area (Å²) in [6.07, 6.45) is 1.30. The van der Waals surface area contributed by atoms with Gasteiger partial charge in [0.1, 0.15) is 0 Å². The van der Waals surface area contributed by atoms with Gasteiger partial charge in [0.25, 0.3) is 0 Å². The van der Waals surface area contributed by atoms with E-state index in [-0.39, 0.29) is 18.4 Å². The molecule has 14 heavy (non-hydrogen) atoms. The average molecular weight is 200 g/mol. The maximum absolute atomic E-state index is 11.8. The number of amides is 1. The fourth-order valence-corrected chi connectivity index (χ4v) is 1.61. The molecule has 0 aromatic carbocycles. The number of hydrogen-bond acceptors (Lipinski definition) is 2. The Kier molecular flexibility index (Phi) is 4.90. The third kappa shape index (κ3) is 3.27. The summed E-state index contributed by atoms with van der Waals surface area (Å²) in [6.45, 7) is 4.48. The maximum Gasteiger partial charge on any atom is 0.225 e. The van der Waals surface area contributed by atoms with Gasteiger partial charge in [-0.1, -0.05) is 6.92 Å². The molecule has 0 N–H and O–H groups in total. The average Bonchev–Trinajstić information content (AvgIpc) is 2.26. The predicted octanol–water partition coefficient (Wildman–Crippen LogP) is 0.692. The van der Waals surface area contributed by atoms with Gasteiger partial charge >= 0.3 is 0 Å². The first-order chi connectivity index (χ1) is 6.75. The Labute approximate surface area is 84.8 Å². The second-order valence-corrected chi connectivity index (χ2v) is 3.69. The smallest absolute Gasteiger partial charge is 0.225 e. The second-order valence-electron chi connectivity index (χ2n) is 3.69. The molecule has 0 aromatic rings. The Hall–Kier alpha value is -0.610. The van der Waals surface area contributed by atoms with Crippen molar-refractivity contribution in [1.29, 1.82) is 0 Å². The van der Waals surface area contributed by atoms with Gasteiger partial charge in [-0.05, 0) is 12.8 Å². The number of rotatable bonds is 4. The molecule has 81 valence electrons. The Morgan fingerprint density at radius 2 is 2.07 bits per heavy atom. The minimum absolute atomic E-state index is 0.0120. The third-order valence-corrected chi connectivity index (χ3v) is 2.53. The highest BCUT2D eigenvalue weighted by Crippen LogP contribution is 2.11. The molecule has 1 radical (unpaired) electrons. The second kappa shape index (κ2) is 5.98. The van der Waals surface area contributed by atoms with Gasteiger partial charge < -0.3 is 9.64 Å². The Morgan fingerprint density at radius 1 is 1.43 bits per heavy atom. The molecule has 1 unspecified atom stereocenters. The third-order valence-electron chi connectivity index (χ3n) is 2.53. The molecule has 4 heteroatoms. The normalized spacial score (nSPS) is 19.4. The van der Waals surface area contributed by atoms with E-state index in [0.29, 0.717) is 39.1 Å². The number of nitrogens with zero attached hydrogens (tertiary/aromatic N) is 1. The maximum atomic E-state index is 11.8. The van der Waals surface area contributed by atoms with Crippen LogP contribution in [0.2, 0.25) is 0 Å². The van der Waals surface area contributed by atoms with Gasteiger partial charge in [0.15, 0.2) is 0 Å². The van der Waals surface area contributed by atoms with Crippen LogP contribution in [0.4, 0.5) is 0 Å². The van der Waals surface area contributed by atoms with Crippen molar-refractivity contribution < 1.29 is 14.6 Å². The molecule has 1 rings (SSSR count). The number of carbonyl (C=O) groups excluding carboxylic acids is 1. The molecule has 1 heterocycles. The molecular weight excluding hydrogens is 182 g/mol. The van der Waals surface area contributed by atoms with Gasteiger partial charge in [0.05, 0.1) is 19.8 Å². The van der Waals surface area contributed by atoms with Gasteiger partial charge in [-0.2, -0.15) is 0 Å². The number of morpholine rings is 1. The summed E-state index contributed by atoms with van der Waals surface area (Å²) in [5.74, 6) is 0.156. The lowest BCUT2D eigenvalue weighted by Crippen LogP contribution is -2.43. The fourth-order valence-electron chi connectivity index (χ4n) is 1.61. The molecule has 0 bridgehead atoms. The van der Waals surface area contributed by atoms with Crippen molar-refractivity contribution in [3.63, 3.8) is 0 Å². The quantitative estimate of drug-likeness (QED) is 0.670. The highest BCUT2D eigenvalue weighted by atomic mass is 16.5. The molecule has 0 aromatic heterocycles. The van der Waals surface area contributed by atoms with Crippen molar-refractivity contribution in [3.05, 3.63) is 0 Å².